The summed E-state index contributed by atoms with van der Waals surface area (Å²) in [6, 6.07) is 7.53. The van der Waals surface area contributed by atoms with Crippen molar-refractivity contribution in [3.8, 4) is 11.8 Å². The molecular formula is C24H35NO4. The minimum Gasteiger partial charge on any atom is -0.444 e. The van der Waals surface area contributed by atoms with Crippen LogP contribution >= 0.6 is 0 Å². The number of amides is 1. The highest BCUT2D eigenvalue weighted by atomic mass is 16.6. The van der Waals surface area contributed by atoms with Crippen LogP contribution in [0.4, 0.5) is 4.79 Å². The molecule has 1 amide bonds. The third-order valence-corrected chi connectivity index (χ3v) is 4.86. The Balaban J connectivity index is 2.07. The van der Waals surface area contributed by atoms with Gasteiger partial charge in [-0.3, -0.25) is 4.90 Å². The van der Waals surface area contributed by atoms with E-state index in [1.54, 1.807) is 13.8 Å². The second-order valence-electron chi connectivity index (χ2n) is 9.04. The molecule has 29 heavy (non-hydrogen) atoms. The fourth-order valence-electron chi connectivity index (χ4n) is 3.32. The van der Waals surface area contributed by atoms with Crippen LogP contribution in [-0.2, 0) is 15.9 Å². The molecule has 0 radical (unpaired) electrons. The van der Waals surface area contributed by atoms with Gasteiger partial charge in [0, 0.05) is 5.56 Å². The van der Waals surface area contributed by atoms with E-state index >= 15 is 0 Å². The lowest BCUT2D eigenvalue weighted by atomic mass is 10.0. The first-order valence-electron chi connectivity index (χ1n) is 10.5. The van der Waals surface area contributed by atoms with E-state index in [9.17, 15) is 9.90 Å². The third-order valence-electron chi connectivity index (χ3n) is 4.86. The number of carbonyl (C=O) groups excluding carboxylic acids is 1. The van der Waals surface area contributed by atoms with E-state index in [1.165, 1.54) is 29.7 Å². The van der Waals surface area contributed by atoms with E-state index in [2.05, 4.69) is 30.9 Å². The average molecular weight is 402 g/mol. The van der Waals surface area contributed by atoms with Crippen molar-refractivity contribution in [2.24, 2.45) is 0 Å². The molecule has 0 saturated carbocycles. The van der Waals surface area contributed by atoms with E-state index in [1.807, 2.05) is 32.9 Å². The van der Waals surface area contributed by atoms with Crippen LogP contribution in [0.5, 0.6) is 0 Å². The summed E-state index contributed by atoms with van der Waals surface area (Å²) in [6.45, 7) is 11.4. The van der Waals surface area contributed by atoms with Crippen LogP contribution in [0.3, 0.4) is 0 Å². The smallest absolute Gasteiger partial charge is 0.413 e. The first-order valence-corrected chi connectivity index (χ1v) is 10.5. The van der Waals surface area contributed by atoms with Gasteiger partial charge in [-0.2, -0.15) is 0 Å². The number of aliphatic hydroxyl groups excluding tert-OH is 1. The number of aliphatic hydroxyl groups is 1. The van der Waals surface area contributed by atoms with Gasteiger partial charge in [-0.1, -0.05) is 43.7 Å². The van der Waals surface area contributed by atoms with Crippen LogP contribution in [0, 0.1) is 11.8 Å². The highest BCUT2D eigenvalue weighted by molar-refractivity contribution is 5.70. The molecule has 1 aromatic rings. The van der Waals surface area contributed by atoms with Gasteiger partial charge in [-0.25, -0.2) is 4.79 Å². The quantitative estimate of drug-likeness (QED) is 0.583. The van der Waals surface area contributed by atoms with E-state index in [0.717, 1.165) is 12.0 Å². The van der Waals surface area contributed by atoms with E-state index in [4.69, 9.17) is 9.47 Å². The standard InChI is InChI=1S/C24H35NO4/c1-7-8-9-10-18-11-13-19(14-12-18)15-16-21(26)20-17-28-24(5,6)25(20)22(27)29-23(2,3)4/h11-14,20-21,26H,7-10,17H2,1-6H3/t20?,21-/m0/s1. The van der Waals surface area contributed by atoms with Crippen molar-refractivity contribution in [3.63, 3.8) is 0 Å². The molecule has 1 heterocycles. The highest BCUT2D eigenvalue weighted by Gasteiger charge is 2.48. The maximum absolute atomic E-state index is 12.7. The molecule has 0 aromatic heterocycles. The normalized spacial score (nSPS) is 19.4. The number of carbonyl (C=O) groups is 1. The number of hydrogen-bond acceptors (Lipinski definition) is 4. The fraction of sp³-hybridized carbons (Fsp3) is 0.625. The van der Waals surface area contributed by atoms with Gasteiger partial charge in [0.25, 0.3) is 0 Å². The van der Waals surface area contributed by atoms with Crippen LogP contribution in [-0.4, -0.2) is 46.2 Å². The first-order chi connectivity index (χ1) is 13.5. The summed E-state index contributed by atoms with van der Waals surface area (Å²) >= 11 is 0. The molecule has 1 aliphatic heterocycles. The molecule has 1 fully saturated rings. The van der Waals surface area contributed by atoms with Crippen LogP contribution in [0.1, 0.15) is 71.9 Å². The predicted molar refractivity (Wildman–Crippen MR) is 114 cm³/mol. The lowest BCUT2D eigenvalue weighted by Gasteiger charge is -2.35. The number of unbranched alkanes of at least 4 members (excludes halogenated alkanes) is 2. The van der Waals surface area contributed by atoms with E-state index < -0.39 is 29.6 Å². The van der Waals surface area contributed by atoms with Crippen molar-refractivity contribution < 1.29 is 19.4 Å². The summed E-state index contributed by atoms with van der Waals surface area (Å²) in [5.41, 5.74) is 0.642. The van der Waals surface area contributed by atoms with Crippen molar-refractivity contribution in [1.82, 2.24) is 4.90 Å². The Kier molecular flexibility index (Phi) is 7.73. The van der Waals surface area contributed by atoms with Crippen molar-refractivity contribution in [2.45, 2.75) is 90.7 Å². The Morgan fingerprint density at radius 1 is 1.31 bits per heavy atom. The van der Waals surface area contributed by atoms with Crippen LogP contribution in [0.25, 0.3) is 0 Å². The molecule has 1 N–H and O–H groups in total. The van der Waals surface area contributed by atoms with Gasteiger partial charge in [0.2, 0.25) is 0 Å². The number of ether oxygens (including phenoxy) is 2. The van der Waals surface area contributed by atoms with Crippen molar-refractivity contribution in [3.05, 3.63) is 35.4 Å². The molecule has 0 bridgehead atoms. The predicted octanol–water partition coefficient (Wildman–Crippen LogP) is 4.50. The average Bonchev–Trinajstić information content (AvgIpc) is 2.95. The number of rotatable bonds is 5. The summed E-state index contributed by atoms with van der Waals surface area (Å²) in [6.07, 6.45) is 3.17. The van der Waals surface area contributed by atoms with Crippen molar-refractivity contribution in [2.75, 3.05) is 6.61 Å². The maximum Gasteiger partial charge on any atom is 0.413 e. The summed E-state index contributed by atoms with van der Waals surface area (Å²) in [5.74, 6) is 5.89. The number of benzene rings is 1. The first kappa shape index (κ1) is 23.3. The van der Waals surface area contributed by atoms with Crippen molar-refractivity contribution >= 4 is 6.09 Å². The van der Waals surface area contributed by atoms with Crippen LogP contribution in [0.15, 0.2) is 24.3 Å². The molecule has 1 unspecified atom stereocenters. The molecule has 2 atom stereocenters. The topological polar surface area (TPSA) is 59.0 Å². The monoisotopic (exact) mass is 401 g/mol. The maximum atomic E-state index is 12.7. The van der Waals surface area contributed by atoms with Gasteiger partial charge in [0.05, 0.1) is 12.6 Å². The SMILES string of the molecule is CCCCCc1ccc(C#C[C@H](O)C2COC(C)(C)N2C(=O)OC(C)(C)C)cc1. The van der Waals surface area contributed by atoms with Gasteiger partial charge in [-0.05, 0) is 65.2 Å². The zero-order chi connectivity index (χ0) is 21.7. The van der Waals surface area contributed by atoms with Gasteiger partial charge < -0.3 is 14.6 Å². The molecule has 5 heteroatoms. The molecule has 0 spiro atoms. The minimum absolute atomic E-state index is 0.207. The molecular weight excluding hydrogens is 366 g/mol. The summed E-state index contributed by atoms with van der Waals surface area (Å²) in [7, 11) is 0. The molecule has 0 aliphatic carbocycles. The molecule has 1 aliphatic rings. The summed E-state index contributed by atoms with van der Waals surface area (Å²) in [5, 5.41) is 10.7. The largest absolute Gasteiger partial charge is 0.444 e. The third kappa shape index (κ3) is 6.76. The van der Waals surface area contributed by atoms with Gasteiger partial charge in [0.1, 0.15) is 17.4 Å². The lowest BCUT2D eigenvalue weighted by molar-refractivity contribution is -0.0658. The highest BCUT2D eigenvalue weighted by Crippen LogP contribution is 2.30. The Morgan fingerprint density at radius 2 is 1.97 bits per heavy atom. The lowest BCUT2D eigenvalue weighted by Crippen LogP contribution is -2.53. The van der Waals surface area contributed by atoms with Gasteiger partial charge >= 0.3 is 6.09 Å². The van der Waals surface area contributed by atoms with Crippen molar-refractivity contribution in [1.29, 1.82) is 0 Å². The Hall–Kier alpha value is -2.03. The summed E-state index contributed by atoms with van der Waals surface area (Å²) in [4.78, 5) is 14.1. The summed E-state index contributed by atoms with van der Waals surface area (Å²) < 4.78 is 11.2. The molecule has 1 aromatic carbocycles. The van der Waals surface area contributed by atoms with E-state index in [0.29, 0.717) is 0 Å². The molecule has 2 rings (SSSR count). The number of nitrogens with zero attached hydrogens (tertiary/aromatic N) is 1. The van der Waals surface area contributed by atoms with Gasteiger partial charge in [-0.15, -0.1) is 0 Å². The van der Waals surface area contributed by atoms with Gasteiger partial charge in [0.15, 0.2) is 0 Å². The second kappa shape index (κ2) is 9.65. The Morgan fingerprint density at radius 3 is 2.55 bits per heavy atom. The fourth-order valence-corrected chi connectivity index (χ4v) is 3.32. The second-order valence-corrected chi connectivity index (χ2v) is 9.04. The van der Waals surface area contributed by atoms with E-state index in [-0.39, 0.29) is 6.61 Å². The van der Waals surface area contributed by atoms with Crippen LogP contribution in [0.2, 0.25) is 0 Å². The zero-order valence-electron chi connectivity index (χ0n) is 18.6. The Labute approximate surface area is 175 Å². The molecule has 1 saturated heterocycles. The number of aryl methyl sites for hydroxylation is 1. The minimum atomic E-state index is -1.03. The molecule has 160 valence electrons. The number of hydrogen-bond donors (Lipinski definition) is 1. The zero-order valence-corrected chi connectivity index (χ0v) is 18.6. The Bertz CT molecular complexity index is 737. The van der Waals surface area contributed by atoms with Crippen LogP contribution < -0.4 is 0 Å². The molecule has 5 nitrogen and oxygen atoms in total.